The van der Waals surface area contributed by atoms with Gasteiger partial charge in [0.25, 0.3) is 5.56 Å². The fourth-order valence-electron chi connectivity index (χ4n) is 3.01. The standard InChI is InChI=1S/C23H18ClN3O2S/c1-15(21(28)25-17-9-3-2-4-10-17)30-23-26-20-13-6-5-12-19(20)22(29)27(23)18-11-7-8-16(24)14-18/h2-15H,1H3,(H,25,28). The smallest absolute Gasteiger partial charge is 0.266 e. The van der Waals surface area contributed by atoms with E-state index in [4.69, 9.17) is 11.6 Å². The Morgan fingerprint density at radius 2 is 1.77 bits per heavy atom. The summed E-state index contributed by atoms with van der Waals surface area (Å²) in [7, 11) is 0. The third-order valence-corrected chi connectivity index (χ3v) is 5.79. The second-order valence-corrected chi connectivity index (χ2v) is 8.39. The number of anilines is 1. The predicted octanol–water partition coefficient (Wildman–Crippen LogP) is 5.16. The molecule has 1 aromatic heterocycles. The molecule has 5 nitrogen and oxygen atoms in total. The van der Waals surface area contributed by atoms with Crippen molar-refractivity contribution < 1.29 is 4.79 Å². The molecule has 0 aliphatic heterocycles. The number of amides is 1. The highest BCUT2D eigenvalue weighted by Gasteiger charge is 2.20. The molecule has 0 saturated carbocycles. The van der Waals surface area contributed by atoms with Crippen LogP contribution in [-0.4, -0.2) is 20.7 Å². The first-order valence-corrected chi connectivity index (χ1v) is 10.6. The summed E-state index contributed by atoms with van der Waals surface area (Å²) < 4.78 is 1.51. The van der Waals surface area contributed by atoms with E-state index in [1.807, 2.05) is 36.4 Å². The van der Waals surface area contributed by atoms with Crippen LogP contribution in [0, 0.1) is 0 Å². The van der Waals surface area contributed by atoms with Crippen LogP contribution in [0.15, 0.2) is 88.8 Å². The molecule has 0 radical (unpaired) electrons. The van der Waals surface area contributed by atoms with Gasteiger partial charge in [-0.3, -0.25) is 14.2 Å². The monoisotopic (exact) mass is 435 g/mol. The number of nitrogens with one attached hydrogen (secondary N) is 1. The Hall–Kier alpha value is -3.09. The van der Waals surface area contributed by atoms with Crippen molar-refractivity contribution in [1.29, 1.82) is 0 Å². The molecule has 150 valence electrons. The fourth-order valence-corrected chi connectivity index (χ4v) is 4.12. The zero-order valence-electron chi connectivity index (χ0n) is 16.1. The van der Waals surface area contributed by atoms with Gasteiger partial charge >= 0.3 is 0 Å². The van der Waals surface area contributed by atoms with Crippen molar-refractivity contribution in [3.05, 3.63) is 94.2 Å². The molecule has 7 heteroatoms. The van der Waals surface area contributed by atoms with Crippen LogP contribution in [0.1, 0.15) is 6.92 Å². The summed E-state index contributed by atoms with van der Waals surface area (Å²) in [6, 6.07) is 23.4. The second-order valence-electron chi connectivity index (χ2n) is 6.65. The van der Waals surface area contributed by atoms with E-state index >= 15 is 0 Å². The Bertz CT molecular complexity index is 1270. The number of fused-ring (bicyclic) bond motifs is 1. The Morgan fingerprint density at radius 3 is 2.53 bits per heavy atom. The number of thioether (sulfide) groups is 1. The lowest BCUT2D eigenvalue weighted by molar-refractivity contribution is -0.115. The maximum absolute atomic E-state index is 13.3. The number of para-hydroxylation sites is 2. The predicted molar refractivity (Wildman–Crippen MR) is 123 cm³/mol. The lowest BCUT2D eigenvalue weighted by Crippen LogP contribution is -2.26. The van der Waals surface area contributed by atoms with Crippen molar-refractivity contribution >= 4 is 45.9 Å². The highest BCUT2D eigenvalue weighted by Crippen LogP contribution is 2.26. The van der Waals surface area contributed by atoms with E-state index in [2.05, 4.69) is 10.3 Å². The Morgan fingerprint density at radius 1 is 1.03 bits per heavy atom. The van der Waals surface area contributed by atoms with Crippen molar-refractivity contribution in [2.45, 2.75) is 17.3 Å². The molecular weight excluding hydrogens is 418 g/mol. The maximum Gasteiger partial charge on any atom is 0.266 e. The van der Waals surface area contributed by atoms with Crippen LogP contribution in [0.5, 0.6) is 0 Å². The SMILES string of the molecule is CC(Sc1nc2ccccc2c(=O)n1-c1cccc(Cl)c1)C(=O)Nc1ccccc1. The lowest BCUT2D eigenvalue weighted by Gasteiger charge is -2.16. The molecule has 4 aromatic rings. The molecule has 0 spiro atoms. The molecule has 0 saturated heterocycles. The van der Waals surface area contributed by atoms with Gasteiger partial charge in [0.05, 0.1) is 21.8 Å². The van der Waals surface area contributed by atoms with E-state index < -0.39 is 5.25 Å². The average molecular weight is 436 g/mol. The molecule has 4 rings (SSSR count). The second kappa shape index (κ2) is 8.73. The molecule has 1 unspecified atom stereocenters. The minimum absolute atomic E-state index is 0.175. The highest BCUT2D eigenvalue weighted by molar-refractivity contribution is 8.00. The van der Waals surface area contributed by atoms with Gasteiger partial charge in [0.15, 0.2) is 5.16 Å². The van der Waals surface area contributed by atoms with Crippen molar-refractivity contribution in [3.8, 4) is 5.69 Å². The zero-order chi connectivity index (χ0) is 21.1. The largest absolute Gasteiger partial charge is 0.325 e. The molecule has 0 bridgehead atoms. The topological polar surface area (TPSA) is 64.0 Å². The van der Waals surface area contributed by atoms with Gasteiger partial charge in [-0.05, 0) is 49.4 Å². The minimum atomic E-state index is -0.483. The maximum atomic E-state index is 13.3. The number of halogens is 1. The summed E-state index contributed by atoms with van der Waals surface area (Å²) in [5.74, 6) is -0.175. The molecule has 1 heterocycles. The Balaban J connectivity index is 1.74. The average Bonchev–Trinajstić information content (AvgIpc) is 2.74. The van der Waals surface area contributed by atoms with E-state index in [-0.39, 0.29) is 11.5 Å². The van der Waals surface area contributed by atoms with Crippen LogP contribution in [0.25, 0.3) is 16.6 Å². The minimum Gasteiger partial charge on any atom is -0.325 e. The molecule has 0 aliphatic carbocycles. The van der Waals surface area contributed by atoms with Crippen LogP contribution >= 0.6 is 23.4 Å². The quantitative estimate of drug-likeness (QED) is 0.347. The van der Waals surface area contributed by atoms with Crippen LogP contribution in [0.2, 0.25) is 5.02 Å². The van der Waals surface area contributed by atoms with E-state index in [1.165, 1.54) is 16.3 Å². The summed E-state index contributed by atoms with van der Waals surface area (Å²) in [4.78, 5) is 30.6. The number of nitrogens with zero attached hydrogens (tertiary/aromatic N) is 2. The number of hydrogen-bond donors (Lipinski definition) is 1. The van der Waals surface area contributed by atoms with Gasteiger partial charge in [-0.15, -0.1) is 0 Å². The van der Waals surface area contributed by atoms with Gasteiger partial charge in [0.2, 0.25) is 5.91 Å². The van der Waals surface area contributed by atoms with Crippen molar-refractivity contribution in [2.75, 3.05) is 5.32 Å². The molecule has 0 fully saturated rings. The van der Waals surface area contributed by atoms with Gasteiger partial charge in [-0.1, -0.05) is 59.8 Å². The summed E-state index contributed by atoms with van der Waals surface area (Å²) in [5, 5.41) is 3.85. The number of rotatable bonds is 5. The zero-order valence-corrected chi connectivity index (χ0v) is 17.7. The van der Waals surface area contributed by atoms with Gasteiger partial charge in [-0.2, -0.15) is 0 Å². The van der Waals surface area contributed by atoms with E-state index in [1.54, 1.807) is 49.4 Å². The molecule has 1 N–H and O–H groups in total. The summed E-state index contributed by atoms with van der Waals surface area (Å²) in [6.45, 7) is 1.78. The molecule has 3 aromatic carbocycles. The number of hydrogen-bond acceptors (Lipinski definition) is 4. The van der Waals surface area contributed by atoms with Crippen LogP contribution < -0.4 is 10.9 Å². The number of carbonyl (C=O) groups is 1. The van der Waals surface area contributed by atoms with Crippen molar-refractivity contribution in [1.82, 2.24) is 9.55 Å². The van der Waals surface area contributed by atoms with E-state index in [0.717, 1.165) is 0 Å². The first-order chi connectivity index (χ1) is 14.5. The number of benzene rings is 3. The fraction of sp³-hybridized carbons (Fsp3) is 0.0870. The first kappa shape index (κ1) is 20.2. The number of aromatic nitrogens is 2. The molecule has 0 aliphatic rings. The van der Waals surface area contributed by atoms with Gasteiger partial charge in [0.1, 0.15) is 0 Å². The number of carbonyl (C=O) groups excluding carboxylic acids is 1. The third-order valence-electron chi connectivity index (χ3n) is 4.50. The Labute approximate surface area is 182 Å². The molecular formula is C23H18ClN3O2S. The molecule has 30 heavy (non-hydrogen) atoms. The summed E-state index contributed by atoms with van der Waals surface area (Å²) in [6.07, 6.45) is 0. The van der Waals surface area contributed by atoms with Gasteiger partial charge in [-0.25, -0.2) is 4.98 Å². The highest BCUT2D eigenvalue weighted by atomic mass is 35.5. The van der Waals surface area contributed by atoms with Crippen LogP contribution in [-0.2, 0) is 4.79 Å². The van der Waals surface area contributed by atoms with E-state index in [0.29, 0.717) is 32.5 Å². The van der Waals surface area contributed by atoms with Crippen LogP contribution in [0.4, 0.5) is 5.69 Å². The normalized spacial score (nSPS) is 11.9. The lowest BCUT2D eigenvalue weighted by atomic mass is 10.2. The van der Waals surface area contributed by atoms with Gasteiger partial charge < -0.3 is 5.32 Å². The van der Waals surface area contributed by atoms with Gasteiger partial charge in [0, 0.05) is 10.7 Å². The van der Waals surface area contributed by atoms with E-state index in [9.17, 15) is 9.59 Å². The molecule has 1 amide bonds. The molecule has 1 atom stereocenters. The third kappa shape index (κ3) is 4.25. The van der Waals surface area contributed by atoms with Crippen molar-refractivity contribution in [2.24, 2.45) is 0 Å². The summed E-state index contributed by atoms with van der Waals surface area (Å²) >= 11 is 7.38. The van der Waals surface area contributed by atoms with Crippen LogP contribution in [0.3, 0.4) is 0 Å². The van der Waals surface area contributed by atoms with Crippen molar-refractivity contribution in [3.63, 3.8) is 0 Å². The summed E-state index contributed by atoms with van der Waals surface area (Å²) in [5.41, 5.74) is 1.69. The first-order valence-electron chi connectivity index (χ1n) is 9.33. The Kier molecular flexibility index (Phi) is 5.88.